The molecule has 2 atom stereocenters. The largest absolute Gasteiger partial charge is 0.497 e. The number of nitrogens with zero attached hydrogens (tertiary/aromatic N) is 2. The summed E-state index contributed by atoms with van der Waals surface area (Å²) in [7, 11) is 1.54. The zero-order valence-electron chi connectivity index (χ0n) is 22.6. The molecule has 1 N–H and O–H groups in total. The summed E-state index contributed by atoms with van der Waals surface area (Å²) in [6.45, 7) is 1.97. The molecule has 7 heteroatoms. The third kappa shape index (κ3) is 3.51. The van der Waals surface area contributed by atoms with Crippen LogP contribution in [0.5, 0.6) is 5.75 Å². The van der Waals surface area contributed by atoms with E-state index in [1.54, 1.807) is 37.6 Å². The van der Waals surface area contributed by atoms with Gasteiger partial charge in [0.25, 0.3) is 5.91 Å². The average Bonchev–Trinajstić information content (AvgIpc) is 3.28. The molecule has 0 saturated carbocycles. The van der Waals surface area contributed by atoms with Gasteiger partial charge < -0.3 is 4.74 Å². The lowest BCUT2D eigenvalue weighted by atomic mass is 9.47. The van der Waals surface area contributed by atoms with Gasteiger partial charge >= 0.3 is 0 Å². The molecule has 0 radical (unpaired) electrons. The lowest BCUT2D eigenvalue weighted by molar-refractivity contribution is -0.122. The number of ether oxygens (including phenoxy) is 1. The standard InChI is InChI=1S/C34H27N3O4/c1-20-14-16-22(17-15-20)37-32(39)29-28-24-10-3-5-12-26(24)34(30(29)33(37)40,27-13-6-4-11-25(27)28)19-35-36-31(38)21-8-7-9-23(18-21)41-2/h3-19,28-30H,1-2H3,(H,36,38)/b35-19+/t28?,29-,30+,34?/m0/s1. The number of amides is 3. The summed E-state index contributed by atoms with van der Waals surface area (Å²) in [6, 6.07) is 30.2. The van der Waals surface area contributed by atoms with Crippen LogP contribution in [0.2, 0.25) is 0 Å². The number of nitrogens with one attached hydrogen (secondary N) is 1. The van der Waals surface area contributed by atoms with Crippen LogP contribution in [-0.2, 0) is 15.0 Å². The third-order valence-corrected chi connectivity index (χ3v) is 8.74. The second kappa shape index (κ2) is 9.27. The van der Waals surface area contributed by atoms with Gasteiger partial charge in [0.15, 0.2) is 0 Å². The first-order valence-electron chi connectivity index (χ1n) is 13.6. The van der Waals surface area contributed by atoms with Gasteiger partial charge in [-0.15, -0.1) is 0 Å². The Hall–Kier alpha value is -5.04. The number of carbonyl (C=O) groups excluding carboxylic acids is 3. The Morgan fingerprint density at radius 3 is 2.20 bits per heavy atom. The Morgan fingerprint density at radius 1 is 0.878 bits per heavy atom. The molecule has 1 aliphatic heterocycles. The summed E-state index contributed by atoms with van der Waals surface area (Å²) in [5.74, 6) is -1.91. The average molecular weight is 542 g/mol. The highest BCUT2D eigenvalue weighted by Crippen LogP contribution is 2.63. The molecule has 8 rings (SSSR count). The zero-order chi connectivity index (χ0) is 28.3. The van der Waals surface area contributed by atoms with E-state index in [1.807, 2.05) is 79.7 Å². The van der Waals surface area contributed by atoms with Crippen molar-refractivity contribution in [2.45, 2.75) is 18.3 Å². The van der Waals surface area contributed by atoms with Crippen LogP contribution in [0.1, 0.15) is 44.1 Å². The van der Waals surface area contributed by atoms with Gasteiger partial charge in [-0.2, -0.15) is 5.10 Å². The normalized spacial score (nSPS) is 23.8. The second-order valence-electron chi connectivity index (χ2n) is 10.8. The van der Waals surface area contributed by atoms with E-state index in [-0.39, 0.29) is 17.7 Å². The first-order chi connectivity index (χ1) is 20.0. The molecular weight excluding hydrogens is 514 g/mol. The highest BCUT2D eigenvalue weighted by Gasteiger charge is 2.68. The Morgan fingerprint density at radius 2 is 1.54 bits per heavy atom. The molecular formula is C34H27N3O4. The summed E-state index contributed by atoms with van der Waals surface area (Å²) in [4.78, 5) is 43.0. The summed E-state index contributed by atoms with van der Waals surface area (Å²) in [5.41, 5.74) is 7.46. The predicted molar refractivity (Wildman–Crippen MR) is 155 cm³/mol. The van der Waals surface area contributed by atoms with Crippen molar-refractivity contribution in [1.29, 1.82) is 0 Å². The number of benzene rings is 4. The van der Waals surface area contributed by atoms with Crippen LogP contribution in [-0.4, -0.2) is 31.0 Å². The Labute approximate surface area is 237 Å². The number of carbonyl (C=O) groups is 3. The molecule has 202 valence electrons. The van der Waals surface area contributed by atoms with Crippen molar-refractivity contribution in [1.82, 2.24) is 5.43 Å². The van der Waals surface area contributed by atoms with Gasteiger partial charge in [-0.05, 0) is 59.5 Å². The van der Waals surface area contributed by atoms with Crippen LogP contribution in [0.3, 0.4) is 0 Å². The van der Waals surface area contributed by atoms with Crippen LogP contribution in [0.4, 0.5) is 5.69 Å². The van der Waals surface area contributed by atoms with E-state index < -0.39 is 23.2 Å². The van der Waals surface area contributed by atoms with Crippen molar-refractivity contribution in [3.8, 4) is 5.75 Å². The van der Waals surface area contributed by atoms with Gasteiger partial charge in [-0.3, -0.25) is 14.4 Å². The van der Waals surface area contributed by atoms with Gasteiger partial charge in [0.1, 0.15) is 5.75 Å². The van der Waals surface area contributed by atoms with E-state index in [0.717, 1.165) is 27.8 Å². The first kappa shape index (κ1) is 25.0. The Balaban J connectivity index is 1.38. The minimum Gasteiger partial charge on any atom is -0.497 e. The lowest BCUT2D eigenvalue weighted by Crippen LogP contribution is -2.54. The van der Waals surface area contributed by atoms with Crippen LogP contribution < -0.4 is 15.1 Å². The highest BCUT2D eigenvalue weighted by molar-refractivity contribution is 6.25. The number of hydrogen-bond donors (Lipinski definition) is 1. The summed E-state index contributed by atoms with van der Waals surface area (Å²) in [5, 5.41) is 4.47. The van der Waals surface area contributed by atoms with Crippen LogP contribution >= 0.6 is 0 Å². The fourth-order valence-corrected chi connectivity index (χ4v) is 7.02. The minimum absolute atomic E-state index is 0.212. The molecule has 2 bridgehead atoms. The first-order valence-corrected chi connectivity index (χ1v) is 13.6. The van der Waals surface area contributed by atoms with Gasteiger partial charge in [-0.1, -0.05) is 72.3 Å². The van der Waals surface area contributed by atoms with Crippen molar-refractivity contribution in [3.05, 3.63) is 130 Å². The summed E-state index contributed by atoms with van der Waals surface area (Å²) >= 11 is 0. The Bertz CT molecular complexity index is 1710. The van der Waals surface area contributed by atoms with Gasteiger partial charge in [-0.25, -0.2) is 10.3 Å². The van der Waals surface area contributed by atoms with E-state index in [0.29, 0.717) is 17.0 Å². The van der Waals surface area contributed by atoms with Crippen molar-refractivity contribution in [2.24, 2.45) is 16.9 Å². The molecule has 3 amide bonds. The van der Waals surface area contributed by atoms with E-state index in [1.165, 1.54) is 4.90 Å². The van der Waals surface area contributed by atoms with Gasteiger partial charge in [0.2, 0.25) is 11.8 Å². The molecule has 41 heavy (non-hydrogen) atoms. The topological polar surface area (TPSA) is 88.1 Å². The number of rotatable bonds is 5. The quantitative estimate of drug-likeness (QED) is 0.220. The monoisotopic (exact) mass is 541 g/mol. The molecule has 0 spiro atoms. The summed E-state index contributed by atoms with van der Waals surface area (Å²) < 4.78 is 5.25. The molecule has 4 aliphatic rings. The third-order valence-electron chi connectivity index (χ3n) is 8.74. The number of hydrazone groups is 1. The number of hydrogen-bond acceptors (Lipinski definition) is 5. The molecule has 3 aliphatic carbocycles. The van der Waals surface area contributed by atoms with Crippen LogP contribution in [0.15, 0.2) is 102 Å². The van der Waals surface area contributed by atoms with Crippen molar-refractivity contribution in [3.63, 3.8) is 0 Å². The maximum Gasteiger partial charge on any atom is 0.271 e. The highest BCUT2D eigenvalue weighted by atomic mass is 16.5. The van der Waals surface area contributed by atoms with E-state index in [4.69, 9.17) is 4.74 Å². The van der Waals surface area contributed by atoms with Gasteiger partial charge in [0.05, 0.1) is 30.0 Å². The summed E-state index contributed by atoms with van der Waals surface area (Å²) in [6.07, 6.45) is 1.67. The zero-order valence-corrected chi connectivity index (χ0v) is 22.6. The van der Waals surface area contributed by atoms with Crippen molar-refractivity contribution in [2.75, 3.05) is 12.0 Å². The molecule has 1 saturated heterocycles. The molecule has 7 nitrogen and oxygen atoms in total. The predicted octanol–water partition coefficient (Wildman–Crippen LogP) is 4.97. The lowest BCUT2D eigenvalue weighted by Gasteiger charge is -2.52. The maximum absolute atomic E-state index is 14.4. The van der Waals surface area contributed by atoms with Crippen molar-refractivity contribution < 1.29 is 19.1 Å². The molecule has 1 heterocycles. The molecule has 0 aromatic heterocycles. The van der Waals surface area contributed by atoms with E-state index in [9.17, 15) is 14.4 Å². The SMILES string of the molecule is COc1cccc(C(=O)N/N=C/C23c4ccccc4C(c4ccccc42)[C@@H]2C(=O)N(c4ccc(C)cc4)C(=O)[C@@H]23)c1. The minimum atomic E-state index is -1.06. The van der Waals surface area contributed by atoms with Crippen LogP contribution in [0, 0.1) is 18.8 Å². The van der Waals surface area contributed by atoms with Crippen LogP contribution in [0.25, 0.3) is 0 Å². The maximum atomic E-state index is 14.4. The number of aryl methyl sites for hydroxylation is 1. The second-order valence-corrected chi connectivity index (χ2v) is 10.8. The number of methoxy groups -OCH3 is 1. The smallest absolute Gasteiger partial charge is 0.271 e. The molecule has 4 aromatic rings. The molecule has 0 unspecified atom stereocenters. The van der Waals surface area contributed by atoms with Crippen molar-refractivity contribution >= 4 is 29.6 Å². The number of anilines is 1. The fraction of sp³-hybridized carbons (Fsp3) is 0.176. The van der Waals surface area contributed by atoms with Gasteiger partial charge in [0, 0.05) is 17.7 Å². The molecule has 1 fully saturated rings. The Kier molecular flexibility index (Phi) is 5.64. The van der Waals surface area contributed by atoms with E-state index in [2.05, 4.69) is 10.5 Å². The number of imide groups is 1. The molecule has 4 aromatic carbocycles. The van der Waals surface area contributed by atoms with E-state index >= 15 is 0 Å². The fourth-order valence-electron chi connectivity index (χ4n) is 7.02.